The van der Waals surface area contributed by atoms with Gasteiger partial charge in [0.2, 0.25) is 5.82 Å². The standard InChI is InChI=1S/C11H11N5O2/c17-11-16(6-3-7-18-11)9-5-2-1-4-8(9)10-12-14-15-13-10/h1-2,4-5H,3,6-7H2,(H,12,13,14,15). The number of ether oxygens (including phenoxy) is 1. The zero-order chi connectivity index (χ0) is 12.4. The lowest BCUT2D eigenvalue weighted by molar-refractivity contribution is 0.140. The first-order chi connectivity index (χ1) is 8.86. The fourth-order valence-corrected chi connectivity index (χ4v) is 1.94. The Bertz CT molecular complexity index is 554. The molecule has 18 heavy (non-hydrogen) atoms. The zero-order valence-electron chi connectivity index (χ0n) is 9.54. The van der Waals surface area contributed by atoms with E-state index in [4.69, 9.17) is 4.74 Å². The molecule has 7 heteroatoms. The summed E-state index contributed by atoms with van der Waals surface area (Å²) in [5, 5.41) is 13.8. The predicted octanol–water partition coefficient (Wildman–Crippen LogP) is 1.21. The number of aromatic amines is 1. The summed E-state index contributed by atoms with van der Waals surface area (Å²) in [5.74, 6) is 0.462. The van der Waals surface area contributed by atoms with E-state index < -0.39 is 0 Å². The highest BCUT2D eigenvalue weighted by atomic mass is 16.6. The third-order valence-electron chi connectivity index (χ3n) is 2.75. The molecule has 1 aliphatic heterocycles. The van der Waals surface area contributed by atoms with Gasteiger partial charge in [0.05, 0.1) is 12.3 Å². The molecule has 0 radical (unpaired) electrons. The van der Waals surface area contributed by atoms with Crippen LogP contribution < -0.4 is 4.90 Å². The molecular weight excluding hydrogens is 234 g/mol. The van der Waals surface area contributed by atoms with E-state index in [0.717, 1.165) is 17.7 Å². The van der Waals surface area contributed by atoms with Crippen molar-refractivity contribution >= 4 is 11.8 Å². The minimum Gasteiger partial charge on any atom is -0.449 e. The number of rotatable bonds is 2. The lowest BCUT2D eigenvalue weighted by atomic mass is 10.1. The number of benzene rings is 1. The quantitative estimate of drug-likeness (QED) is 0.859. The molecule has 92 valence electrons. The van der Waals surface area contributed by atoms with Gasteiger partial charge in [-0.25, -0.2) is 4.79 Å². The van der Waals surface area contributed by atoms with Crippen molar-refractivity contribution in [1.29, 1.82) is 0 Å². The third kappa shape index (κ3) is 1.79. The number of nitrogens with one attached hydrogen (secondary N) is 1. The first-order valence-corrected chi connectivity index (χ1v) is 5.63. The number of hydrogen-bond donors (Lipinski definition) is 1. The average Bonchev–Trinajstić information content (AvgIpc) is 2.93. The molecule has 1 amide bonds. The van der Waals surface area contributed by atoms with Gasteiger partial charge in [0.15, 0.2) is 0 Å². The third-order valence-corrected chi connectivity index (χ3v) is 2.75. The first-order valence-electron chi connectivity index (χ1n) is 5.63. The smallest absolute Gasteiger partial charge is 0.414 e. The maximum absolute atomic E-state index is 11.8. The molecule has 0 atom stereocenters. The van der Waals surface area contributed by atoms with Gasteiger partial charge in [0, 0.05) is 12.1 Å². The fourth-order valence-electron chi connectivity index (χ4n) is 1.94. The molecule has 2 aromatic rings. The number of carbonyl (C=O) groups is 1. The summed E-state index contributed by atoms with van der Waals surface area (Å²) in [7, 11) is 0. The van der Waals surface area contributed by atoms with Crippen molar-refractivity contribution in [2.75, 3.05) is 18.1 Å². The van der Waals surface area contributed by atoms with Gasteiger partial charge in [-0.1, -0.05) is 12.1 Å². The van der Waals surface area contributed by atoms with E-state index >= 15 is 0 Å². The zero-order valence-corrected chi connectivity index (χ0v) is 9.54. The molecule has 1 aliphatic rings. The Morgan fingerprint density at radius 1 is 1.33 bits per heavy atom. The molecule has 0 unspecified atom stereocenters. The summed E-state index contributed by atoms with van der Waals surface area (Å²) >= 11 is 0. The van der Waals surface area contributed by atoms with Crippen molar-refractivity contribution < 1.29 is 9.53 Å². The summed E-state index contributed by atoms with van der Waals surface area (Å²) in [6, 6.07) is 7.42. The highest BCUT2D eigenvalue weighted by molar-refractivity contribution is 5.93. The Morgan fingerprint density at radius 2 is 2.22 bits per heavy atom. The Kier molecular flexibility index (Phi) is 2.64. The van der Waals surface area contributed by atoms with E-state index in [-0.39, 0.29) is 6.09 Å². The number of carbonyl (C=O) groups excluding carboxylic acids is 1. The highest BCUT2D eigenvalue weighted by Crippen LogP contribution is 2.29. The number of H-pyrrole nitrogens is 1. The Balaban J connectivity index is 2.04. The van der Waals surface area contributed by atoms with Gasteiger partial charge in [-0.05, 0) is 23.8 Å². The van der Waals surface area contributed by atoms with E-state index in [1.807, 2.05) is 24.3 Å². The molecule has 7 nitrogen and oxygen atoms in total. The van der Waals surface area contributed by atoms with Crippen LogP contribution in [0.2, 0.25) is 0 Å². The van der Waals surface area contributed by atoms with Crippen molar-refractivity contribution in [2.24, 2.45) is 0 Å². The van der Waals surface area contributed by atoms with Gasteiger partial charge in [-0.2, -0.15) is 5.21 Å². The van der Waals surface area contributed by atoms with Gasteiger partial charge in [0.25, 0.3) is 0 Å². The number of nitrogens with zero attached hydrogens (tertiary/aromatic N) is 4. The number of cyclic esters (lactones) is 1. The van der Waals surface area contributed by atoms with Crippen LogP contribution in [0.5, 0.6) is 0 Å². The second kappa shape index (κ2) is 4.44. The summed E-state index contributed by atoms with van der Waals surface area (Å²) in [6.45, 7) is 1.10. The molecular formula is C11H11N5O2. The van der Waals surface area contributed by atoms with Crippen molar-refractivity contribution in [2.45, 2.75) is 6.42 Å². The molecule has 0 saturated carbocycles. The normalized spacial score (nSPS) is 15.6. The lowest BCUT2D eigenvalue weighted by Gasteiger charge is -2.27. The molecule has 3 rings (SSSR count). The van der Waals surface area contributed by atoms with Gasteiger partial charge in [0.1, 0.15) is 0 Å². The molecule has 0 bridgehead atoms. The molecule has 1 aromatic carbocycles. The van der Waals surface area contributed by atoms with E-state index in [1.54, 1.807) is 4.90 Å². The van der Waals surface area contributed by atoms with Crippen LogP contribution in [0.15, 0.2) is 24.3 Å². The van der Waals surface area contributed by atoms with Crippen LogP contribution >= 0.6 is 0 Å². The second-order valence-corrected chi connectivity index (χ2v) is 3.87. The lowest BCUT2D eigenvalue weighted by Crippen LogP contribution is -2.38. The maximum Gasteiger partial charge on any atom is 0.414 e. The monoisotopic (exact) mass is 245 g/mol. The van der Waals surface area contributed by atoms with Crippen molar-refractivity contribution in [3.8, 4) is 11.4 Å². The summed E-state index contributed by atoms with van der Waals surface area (Å²) in [5.41, 5.74) is 1.49. The molecule has 0 spiro atoms. The Hall–Kier alpha value is -2.44. The molecule has 1 N–H and O–H groups in total. The van der Waals surface area contributed by atoms with E-state index in [0.29, 0.717) is 19.0 Å². The number of para-hydroxylation sites is 1. The van der Waals surface area contributed by atoms with Crippen LogP contribution in [0, 0.1) is 0 Å². The molecule has 1 saturated heterocycles. The largest absolute Gasteiger partial charge is 0.449 e. The van der Waals surface area contributed by atoms with Gasteiger partial charge < -0.3 is 4.74 Å². The van der Waals surface area contributed by atoms with E-state index in [9.17, 15) is 4.79 Å². The Morgan fingerprint density at radius 3 is 3.00 bits per heavy atom. The average molecular weight is 245 g/mol. The SMILES string of the molecule is O=C1OCCCN1c1ccccc1-c1nn[nH]n1. The minimum atomic E-state index is -0.336. The molecule has 0 aliphatic carbocycles. The number of tetrazole rings is 1. The fraction of sp³-hybridized carbons (Fsp3) is 0.273. The van der Waals surface area contributed by atoms with Gasteiger partial charge in [-0.15, -0.1) is 10.2 Å². The number of anilines is 1. The first kappa shape index (κ1) is 10.7. The second-order valence-electron chi connectivity index (χ2n) is 3.87. The topological polar surface area (TPSA) is 84.0 Å². The Labute approximate surface area is 103 Å². The van der Waals surface area contributed by atoms with Crippen molar-refractivity contribution in [3.63, 3.8) is 0 Å². The van der Waals surface area contributed by atoms with Crippen molar-refractivity contribution in [1.82, 2.24) is 20.6 Å². The van der Waals surface area contributed by atoms with Crippen LogP contribution in [0.25, 0.3) is 11.4 Å². The van der Waals surface area contributed by atoms with Crippen LogP contribution in [0.3, 0.4) is 0 Å². The number of aromatic nitrogens is 4. The summed E-state index contributed by atoms with van der Waals surface area (Å²) < 4.78 is 5.04. The molecule has 1 aromatic heterocycles. The van der Waals surface area contributed by atoms with Crippen LogP contribution in [-0.4, -0.2) is 39.9 Å². The van der Waals surface area contributed by atoms with Crippen LogP contribution in [0.4, 0.5) is 10.5 Å². The summed E-state index contributed by atoms with van der Waals surface area (Å²) in [6.07, 6.45) is 0.476. The maximum atomic E-state index is 11.8. The van der Waals surface area contributed by atoms with Gasteiger partial charge in [-0.3, -0.25) is 4.90 Å². The van der Waals surface area contributed by atoms with Crippen LogP contribution in [-0.2, 0) is 4.74 Å². The van der Waals surface area contributed by atoms with E-state index in [2.05, 4.69) is 20.6 Å². The van der Waals surface area contributed by atoms with Crippen molar-refractivity contribution in [3.05, 3.63) is 24.3 Å². The number of hydrogen-bond acceptors (Lipinski definition) is 5. The van der Waals surface area contributed by atoms with Crippen LogP contribution in [0.1, 0.15) is 6.42 Å². The molecule has 2 heterocycles. The minimum absolute atomic E-state index is 0.336. The number of amides is 1. The summed E-state index contributed by atoms with van der Waals surface area (Å²) in [4.78, 5) is 13.3. The van der Waals surface area contributed by atoms with Gasteiger partial charge >= 0.3 is 6.09 Å². The highest BCUT2D eigenvalue weighted by Gasteiger charge is 2.24. The van der Waals surface area contributed by atoms with E-state index in [1.165, 1.54) is 0 Å². The molecule has 1 fully saturated rings. The predicted molar refractivity (Wildman–Crippen MR) is 62.9 cm³/mol.